The number of aliphatic hydroxyl groups is 1. The van der Waals surface area contributed by atoms with Gasteiger partial charge in [-0.3, -0.25) is 4.90 Å². The van der Waals surface area contributed by atoms with Crippen LogP contribution in [0.1, 0.15) is 18.0 Å². The fourth-order valence-corrected chi connectivity index (χ4v) is 2.70. The maximum absolute atomic E-state index is 9.38. The molecular formula is C15H24N2O3. The van der Waals surface area contributed by atoms with Gasteiger partial charge in [0.1, 0.15) is 11.5 Å². The number of nitrogens with one attached hydrogen (secondary N) is 1. The van der Waals surface area contributed by atoms with Gasteiger partial charge in [0, 0.05) is 44.9 Å². The summed E-state index contributed by atoms with van der Waals surface area (Å²) in [7, 11) is 3.31. The summed E-state index contributed by atoms with van der Waals surface area (Å²) in [6.45, 7) is 4.13. The van der Waals surface area contributed by atoms with E-state index in [0.717, 1.165) is 49.7 Å². The second-order valence-electron chi connectivity index (χ2n) is 4.96. The van der Waals surface area contributed by atoms with Crippen LogP contribution in [0.4, 0.5) is 0 Å². The maximum Gasteiger partial charge on any atom is 0.122 e. The minimum absolute atomic E-state index is 0.175. The summed E-state index contributed by atoms with van der Waals surface area (Å²) in [4.78, 5) is 2.40. The molecule has 20 heavy (non-hydrogen) atoms. The van der Waals surface area contributed by atoms with Gasteiger partial charge in [0.2, 0.25) is 0 Å². The highest BCUT2D eigenvalue weighted by molar-refractivity contribution is 5.40. The van der Waals surface area contributed by atoms with E-state index in [4.69, 9.17) is 9.47 Å². The molecule has 0 spiro atoms. The minimum Gasteiger partial charge on any atom is -0.497 e. The van der Waals surface area contributed by atoms with Gasteiger partial charge in [-0.15, -0.1) is 0 Å². The molecule has 1 fully saturated rings. The predicted molar refractivity (Wildman–Crippen MR) is 78.4 cm³/mol. The molecule has 1 aliphatic rings. The van der Waals surface area contributed by atoms with Gasteiger partial charge in [-0.25, -0.2) is 0 Å². The summed E-state index contributed by atoms with van der Waals surface area (Å²) in [5, 5.41) is 12.7. The molecule has 2 N–H and O–H groups in total. The Hall–Kier alpha value is -1.30. The Balaban J connectivity index is 2.27. The number of ether oxygens (including phenoxy) is 2. The summed E-state index contributed by atoms with van der Waals surface area (Å²) in [6.07, 6.45) is 0.719. The number of benzene rings is 1. The molecule has 1 aliphatic heterocycles. The molecule has 0 amide bonds. The van der Waals surface area contributed by atoms with Crippen molar-refractivity contribution in [2.45, 2.75) is 12.5 Å². The van der Waals surface area contributed by atoms with E-state index in [2.05, 4.69) is 10.2 Å². The normalized spacial score (nSPS) is 17.8. The molecule has 0 saturated carbocycles. The lowest BCUT2D eigenvalue weighted by Crippen LogP contribution is -2.45. The molecule has 0 unspecified atom stereocenters. The standard InChI is InChI=1S/C15H24N2O3/c1-19-13-9-12(10-14(11-13)20-2)15(3-8-18)17-6-4-16-5-7-17/h9-11,15-16,18H,3-8H2,1-2H3/t15-/m1/s1. The molecule has 0 aromatic heterocycles. The Labute approximate surface area is 120 Å². The van der Waals surface area contributed by atoms with Gasteiger partial charge < -0.3 is 19.9 Å². The van der Waals surface area contributed by atoms with E-state index >= 15 is 0 Å². The molecule has 1 atom stereocenters. The van der Waals surface area contributed by atoms with Crippen LogP contribution < -0.4 is 14.8 Å². The Kier molecular flexibility index (Phi) is 5.64. The Morgan fingerprint density at radius 3 is 2.25 bits per heavy atom. The fourth-order valence-electron chi connectivity index (χ4n) is 2.70. The third-order valence-electron chi connectivity index (χ3n) is 3.75. The molecule has 1 heterocycles. The fraction of sp³-hybridized carbons (Fsp3) is 0.600. The Bertz CT molecular complexity index is 397. The van der Waals surface area contributed by atoms with Crippen molar-refractivity contribution < 1.29 is 14.6 Å². The van der Waals surface area contributed by atoms with Gasteiger partial charge in [0.05, 0.1) is 14.2 Å². The van der Waals surface area contributed by atoms with Crippen LogP contribution >= 0.6 is 0 Å². The first kappa shape index (κ1) is 15.1. The van der Waals surface area contributed by atoms with Crippen molar-refractivity contribution in [3.8, 4) is 11.5 Å². The first-order chi connectivity index (χ1) is 9.78. The van der Waals surface area contributed by atoms with Crippen molar-refractivity contribution in [1.29, 1.82) is 0 Å². The predicted octanol–water partition coefficient (Wildman–Crippen LogP) is 1.03. The van der Waals surface area contributed by atoms with Crippen LogP contribution in [0.5, 0.6) is 11.5 Å². The molecule has 5 heteroatoms. The molecule has 2 rings (SSSR count). The van der Waals surface area contributed by atoms with E-state index in [1.54, 1.807) is 14.2 Å². The number of hydrogen-bond donors (Lipinski definition) is 2. The molecular weight excluding hydrogens is 256 g/mol. The average molecular weight is 280 g/mol. The van der Waals surface area contributed by atoms with E-state index in [-0.39, 0.29) is 12.6 Å². The summed E-state index contributed by atoms with van der Waals surface area (Å²) in [5.41, 5.74) is 1.14. The maximum atomic E-state index is 9.38. The third kappa shape index (κ3) is 3.62. The molecule has 1 aromatic rings. The largest absolute Gasteiger partial charge is 0.497 e. The van der Waals surface area contributed by atoms with Crippen molar-refractivity contribution in [3.63, 3.8) is 0 Å². The second-order valence-corrected chi connectivity index (χ2v) is 4.96. The highest BCUT2D eigenvalue weighted by Crippen LogP contribution is 2.31. The lowest BCUT2D eigenvalue weighted by molar-refractivity contribution is 0.140. The number of piperazine rings is 1. The molecule has 0 aliphatic carbocycles. The van der Waals surface area contributed by atoms with Crippen LogP contribution in [-0.4, -0.2) is 57.0 Å². The van der Waals surface area contributed by atoms with E-state index in [1.165, 1.54) is 0 Å². The molecule has 112 valence electrons. The third-order valence-corrected chi connectivity index (χ3v) is 3.75. The monoisotopic (exact) mass is 280 g/mol. The quantitative estimate of drug-likeness (QED) is 0.815. The van der Waals surface area contributed by atoms with Gasteiger partial charge in [-0.2, -0.15) is 0 Å². The number of nitrogens with zero attached hydrogens (tertiary/aromatic N) is 1. The zero-order valence-electron chi connectivity index (χ0n) is 12.3. The van der Waals surface area contributed by atoms with Crippen molar-refractivity contribution in [2.24, 2.45) is 0 Å². The first-order valence-electron chi connectivity index (χ1n) is 7.07. The highest BCUT2D eigenvalue weighted by atomic mass is 16.5. The average Bonchev–Trinajstić information content (AvgIpc) is 2.52. The smallest absolute Gasteiger partial charge is 0.122 e. The Morgan fingerprint density at radius 1 is 1.15 bits per heavy atom. The van der Waals surface area contributed by atoms with Crippen molar-refractivity contribution >= 4 is 0 Å². The number of rotatable bonds is 6. The lowest BCUT2D eigenvalue weighted by atomic mass is 10.0. The number of aliphatic hydroxyl groups excluding tert-OH is 1. The lowest BCUT2D eigenvalue weighted by Gasteiger charge is -2.35. The minimum atomic E-state index is 0.175. The summed E-state index contributed by atoms with van der Waals surface area (Å²) in [5.74, 6) is 1.58. The van der Waals surface area contributed by atoms with Crippen molar-refractivity contribution in [2.75, 3.05) is 47.0 Å². The molecule has 1 aromatic carbocycles. The van der Waals surface area contributed by atoms with E-state index in [0.29, 0.717) is 0 Å². The van der Waals surface area contributed by atoms with E-state index in [9.17, 15) is 5.11 Å². The zero-order chi connectivity index (χ0) is 14.4. The van der Waals surface area contributed by atoms with Crippen molar-refractivity contribution in [3.05, 3.63) is 23.8 Å². The Morgan fingerprint density at radius 2 is 1.75 bits per heavy atom. The molecule has 5 nitrogen and oxygen atoms in total. The molecule has 0 bridgehead atoms. The summed E-state index contributed by atoms with van der Waals surface area (Å²) in [6, 6.07) is 6.14. The number of hydrogen-bond acceptors (Lipinski definition) is 5. The van der Waals surface area contributed by atoms with Crippen LogP contribution in [0, 0.1) is 0 Å². The first-order valence-corrected chi connectivity index (χ1v) is 7.07. The van der Waals surface area contributed by atoms with Gasteiger partial charge in [-0.05, 0) is 24.1 Å². The van der Waals surface area contributed by atoms with Gasteiger partial charge >= 0.3 is 0 Å². The van der Waals surface area contributed by atoms with Crippen LogP contribution in [0.25, 0.3) is 0 Å². The van der Waals surface area contributed by atoms with Crippen LogP contribution in [0.15, 0.2) is 18.2 Å². The van der Waals surface area contributed by atoms with Crippen LogP contribution in [0.3, 0.4) is 0 Å². The van der Waals surface area contributed by atoms with Crippen molar-refractivity contribution in [1.82, 2.24) is 10.2 Å². The van der Waals surface area contributed by atoms with Gasteiger partial charge in [-0.1, -0.05) is 0 Å². The SMILES string of the molecule is COc1cc(OC)cc([C@@H](CCO)N2CCNCC2)c1. The molecule has 0 radical (unpaired) electrons. The van der Waals surface area contributed by atoms with E-state index in [1.807, 2.05) is 18.2 Å². The second kappa shape index (κ2) is 7.47. The number of methoxy groups -OCH3 is 2. The summed E-state index contributed by atoms with van der Waals surface area (Å²) >= 11 is 0. The molecule has 1 saturated heterocycles. The van der Waals surface area contributed by atoms with E-state index < -0.39 is 0 Å². The van der Waals surface area contributed by atoms with Crippen LogP contribution in [0.2, 0.25) is 0 Å². The highest BCUT2D eigenvalue weighted by Gasteiger charge is 2.22. The topological polar surface area (TPSA) is 54.0 Å². The zero-order valence-corrected chi connectivity index (χ0v) is 12.3. The summed E-state index contributed by atoms with van der Waals surface area (Å²) < 4.78 is 10.7. The van der Waals surface area contributed by atoms with Crippen LogP contribution in [-0.2, 0) is 0 Å². The van der Waals surface area contributed by atoms with Gasteiger partial charge in [0.25, 0.3) is 0 Å². The van der Waals surface area contributed by atoms with Gasteiger partial charge in [0.15, 0.2) is 0 Å².